The Morgan fingerprint density at radius 1 is 1.21 bits per heavy atom. The van der Waals surface area contributed by atoms with Gasteiger partial charge >= 0.3 is 29.6 Å². The van der Waals surface area contributed by atoms with E-state index in [1.165, 1.54) is 19.2 Å². The number of phenols is 1. The SMILES string of the molecule is COc1ccc(-c2coc3c(Br)c(O)c(OC)c([O-])c3c2=O)cc1S(=O)(=O)O.[Na+]. The van der Waals surface area contributed by atoms with Crippen LogP contribution in [0, 0.1) is 0 Å². The predicted octanol–water partition coefficient (Wildman–Crippen LogP) is -0.730. The first kappa shape index (κ1) is 23.5. The molecule has 0 aliphatic rings. The summed E-state index contributed by atoms with van der Waals surface area (Å²) in [6.07, 6.45) is 1.01. The molecular formula is C17H12BrNaO9S. The maximum atomic E-state index is 12.9. The van der Waals surface area contributed by atoms with E-state index >= 15 is 0 Å². The minimum absolute atomic E-state index is 0. The van der Waals surface area contributed by atoms with Crippen LogP contribution < -0.4 is 49.6 Å². The van der Waals surface area contributed by atoms with Gasteiger partial charge in [0.1, 0.15) is 21.4 Å². The van der Waals surface area contributed by atoms with Crippen LogP contribution in [-0.4, -0.2) is 32.3 Å². The van der Waals surface area contributed by atoms with Crippen molar-refractivity contribution in [3.8, 4) is 34.1 Å². The molecule has 2 aromatic carbocycles. The largest absolute Gasteiger partial charge is 1.00 e. The molecule has 3 rings (SSSR count). The molecule has 12 heteroatoms. The zero-order chi connectivity index (χ0) is 20.8. The van der Waals surface area contributed by atoms with E-state index in [2.05, 4.69) is 15.9 Å². The summed E-state index contributed by atoms with van der Waals surface area (Å²) in [6.45, 7) is 0. The summed E-state index contributed by atoms with van der Waals surface area (Å²) in [5, 5.41) is 22.1. The standard InChI is InChI=1S/C17H13BrO9S.Na/c1-25-9-4-3-7(5-10(9)28(22,23)24)8-6-27-16-11(13(8)19)14(20)17(26-2)15(21)12(16)18;/h3-6,20-21H,1-2H3,(H,22,23,24);/q;+1/p-1. The van der Waals surface area contributed by atoms with Gasteiger partial charge in [0, 0.05) is 0 Å². The van der Waals surface area contributed by atoms with Gasteiger partial charge in [-0.3, -0.25) is 9.35 Å². The Balaban J connectivity index is 0.00000300. The topological polar surface area (TPSA) is 146 Å². The van der Waals surface area contributed by atoms with Crippen molar-refractivity contribution < 1.29 is 66.6 Å². The van der Waals surface area contributed by atoms with Crippen molar-refractivity contribution in [1.29, 1.82) is 0 Å². The van der Waals surface area contributed by atoms with E-state index < -0.39 is 43.1 Å². The van der Waals surface area contributed by atoms with Gasteiger partial charge in [-0.15, -0.1) is 0 Å². The number of hydrogen-bond acceptors (Lipinski definition) is 8. The number of methoxy groups -OCH3 is 2. The molecule has 2 N–H and O–H groups in total. The van der Waals surface area contributed by atoms with Crippen LogP contribution in [0.25, 0.3) is 22.1 Å². The first-order valence-electron chi connectivity index (χ1n) is 7.48. The first-order chi connectivity index (χ1) is 13.1. The molecule has 0 radical (unpaired) electrons. The molecule has 0 fully saturated rings. The molecule has 0 saturated heterocycles. The van der Waals surface area contributed by atoms with E-state index in [1.54, 1.807) is 0 Å². The van der Waals surface area contributed by atoms with Crippen molar-refractivity contribution in [3.63, 3.8) is 0 Å². The zero-order valence-electron chi connectivity index (χ0n) is 15.3. The Labute approximate surface area is 195 Å². The average molecular weight is 495 g/mol. The van der Waals surface area contributed by atoms with Gasteiger partial charge in [-0.05, 0) is 39.4 Å². The second kappa shape index (κ2) is 8.54. The fourth-order valence-electron chi connectivity index (χ4n) is 2.70. The normalized spacial score (nSPS) is 11.2. The van der Waals surface area contributed by atoms with E-state index in [4.69, 9.17) is 13.9 Å². The van der Waals surface area contributed by atoms with Gasteiger partial charge in [0.05, 0.1) is 25.2 Å². The van der Waals surface area contributed by atoms with Crippen LogP contribution in [0.1, 0.15) is 0 Å². The summed E-state index contributed by atoms with van der Waals surface area (Å²) in [6, 6.07) is 3.62. The second-order valence-electron chi connectivity index (χ2n) is 5.55. The minimum Gasteiger partial charge on any atom is -0.869 e. The Morgan fingerprint density at radius 3 is 2.41 bits per heavy atom. The average Bonchev–Trinajstić information content (AvgIpc) is 2.65. The Bertz CT molecular complexity index is 1270. The van der Waals surface area contributed by atoms with Crippen LogP contribution in [0.3, 0.4) is 0 Å². The summed E-state index contributed by atoms with van der Waals surface area (Å²) in [7, 11) is -2.27. The van der Waals surface area contributed by atoms with Crippen LogP contribution in [0.15, 0.2) is 43.0 Å². The fourth-order valence-corrected chi connectivity index (χ4v) is 3.85. The van der Waals surface area contributed by atoms with Gasteiger partial charge in [-0.2, -0.15) is 8.42 Å². The van der Waals surface area contributed by atoms with Gasteiger partial charge in [-0.1, -0.05) is 6.07 Å². The maximum Gasteiger partial charge on any atom is 1.00 e. The van der Waals surface area contributed by atoms with E-state index in [-0.39, 0.29) is 56.5 Å². The van der Waals surface area contributed by atoms with Gasteiger partial charge in [0.15, 0.2) is 22.5 Å². The molecule has 29 heavy (non-hydrogen) atoms. The molecule has 1 aromatic heterocycles. The van der Waals surface area contributed by atoms with Crippen LogP contribution >= 0.6 is 15.9 Å². The monoisotopic (exact) mass is 494 g/mol. The van der Waals surface area contributed by atoms with E-state index in [1.807, 2.05) is 0 Å². The molecule has 3 aromatic rings. The molecule has 1 heterocycles. The number of hydrogen-bond donors (Lipinski definition) is 2. The second-order valence-corrected chi connectivity index (χ2v) is 7.73. The van der Waals surface area contributed by atoms with Gasteiger partial charge in [0.25, 0.3) is 10.1 Å². The predicted molar refractivity (Wildman–Crippen MR) is 99.6 cm³/mol. The van der Waals surface area contributed by atoms with Crippen LogP contribution in [0.4, 0.5) is 0 Å². The van der Waals surface area contributed by atoms with Crippen molar-refractivity contribution >= 4 is 37.0 Å². The van der Waals surface area contributed by atoms with Crippen molar-refractivity contribution in [2.24, 2.45) is 0 Å². The fraction of sp³-hybridized carbons (Fsp3) is 0.118. The third kappa shape index (κ3) is 3.98. The van der Waals surface area contributed by atoms with Crippen LogP contribution in [-0.2, 0) is 10.1 Å². The minimum atomic E-state index is -4.64. The van der Waals surface area contributed by atoms with Gasteiger partial charge < -0.3 is 24.1 Å². The number of rotatable bonds is 4. The molecule has 0 amide bonds. The van der Waals surface area contributed by atoms with E-state index in [0.717, 1.165) is 19.4 Å². The summed E-state index contributed by atoms with van der Waals surface area (Å²) in [4.78, 5) is 12.4. The van der Waals surface area contributed by atoms with Gasteiger partial charge in [0.2, 0.25) is 0 Å². The number of halogens is 1. The zero-order valence-corrected chi connectivity index (χ0v) is 19.8. The molecule has 0 saturated carbocycles. The molecule has 0 spiro atoms. The number of phenolic OH excluding ortho intramolecular Hbond substituents is 1. The molecule has 0 aliphatic heterocycles. The van der Waals surface area contributed by atoms with Crippen LogP contribution in [0.5, 0.6) is 23.0 Å². The molecular weight excluding hydrogens is 483 g/mol. The molecule has 0 atom stereocenters. The van der Waals surface area contributed by atoms with Crippen molar-refractivity contribution in [2.75, 3.05) is 14.2 Å². The summed E-state index contributed by atoms with van der Waals surface area (Å²) in [5.41, 5.74) is -1.05. The molecule has 0 unspecified atom stereocenters. The van der Waals surface area contributed by atoms with Crippen LogP contribution in [0.2, 0.25) is 0 Å². The molecule has 9 nitrogen and oxygen atoms in total. The Kier molecular flexibility index (Phi) is 6.93. The molecule has 0 bridgehead atoms. The quantitative estimate of drug-likeness (QED) is 0.353. The Morgan fingerprint density at radius 2 is 1.86 bits per heavy atom. The smallest absolute Gasteiger partial charge is 0.869 e. The third-order valence-corrected chi connectivity index (χ3v) is 5.62. The number of ether oxygens (including phenoxy) is 2. The summed E-state index contributed by atoms with van der Waals surface area (Å²) < 4.78 is 47.6. The summed E-state index contributed by atoms with van der Waals surface area (Å²) >= 11 is 3.05. The van der Waals surface area contributed by atoms with Crippen molar-refractivity contribution in [2.45, 2.75) is 4.90 Å². The molecule has 0 aliphatic carbocycles. The Hall–Kier alpha value is -1.76. The van der Waals surface area contributed by atoms with E-state index in [0.29, 0.717) is 0 Å². The van der Waals surface area contributed by atoms with Gasteiger partial charge in [-0.25, -0.2) is 0 Å². The number of aromatic hydroxyl groups is 1. The first-order valence-corrected chi connectivity index (χ1v) is 9.72. The third-order valence-electron chi connectivity index (χ3n) is 4.01. The maximum absolute atomic E-state index is 12.9. The number of benzene rings is 2. The number of fused-ring (bicyclic) bond motifs is 1. The molecule has 148 valence electrons. The van der Waals surface area contributed by atoms with Crippen molar-refractivity contribution in [1.82, 2.24) is 0 Å². The van der Waals surface area contributed by atoms with E-state index in [9.17, 15) is 28.0 Å². The van der Waals surface area contributed by atoms with Crippen molar-refractivity contribution in [3.05, 3.63) is 39.2 Å². The summed E-state index contributed by atoms with van der Waals surface area (Å²) in [5.74, 6) is -1.99.